The summed E-state index contributed by atoms with van der Waals surface area (Å²) in [6.45, 7) is 5.86. The van der Waals surface area contributed by atoms with E-state index in [0.29, 0.717) is 25.5 Å². The predicted molar refractivity (Wildman–Crippen MR) is 77.8 cm³/mol. The lowest BCUT2D eigenvalue weighted by Crippen LogP contribution is -2.46. The minimum absolute atomic E-state index is 0.129. The van der Waals surface area contributed by atoms with Gasteiger partial charge in [0.25, 0.3) is 0 Å². The van der Waals surface area contributed by atoms with Gasteiger partial charge in [-0.25, -0.2) is 13.6 Å². The number of hydrogen-bond donors (Lipinski definition) is 0. The number of piperidine rings is 1. The molecule has 1 aromatic rings. The molecule has 1 aliphatic rings. The third kappa shape index (κ3) is 4.53. The third-order valence-electron chi connectivity index (χ3n) is 3.32. The molecular weight excluding hydrogens is 311 g/mol. The molecule has 1 fully saturated rings. The van der Waals surface area contributed by atoms with Crippen LogP contribution in [0.4, 0.5) is 18.0 Å². The van der Waals surface area contributed by atoms with Crippen LogP contribution < -0.4 is 4.74 Å². The van der Waals surface area contributed by atoms with Gasteiger partial charge in [0.1, 0.15) is 11.7 Å². The minimum Gasteiger partial charge on any atom is -0.482 e. The van der Waals surface area contributed by atoms with Gasteiger partial charge in [-0.2, -0.15) is 4.39 Å². The van der Waals surface area contributed by atoms with Gasteiger partial charge in [-0.05, 0) is 45.7 Å². The molecule has 0 aromatic heterocycles. The van der Waals surface area contributed by atoms with Gasteiger partial charge >= 0.3 is 6.09 Å². The summed E-state index contributed by atoms with van der Waals surface area (Å²) in [7, 11) is 0. The van der Waals surface area contributed by atoms with E-state index in [4.69, 9.17) is 9.47 Å². The van der Waals surface area contributed by atoms with Gasteiger partial charge in [-0.3, -0.25) is 0 Å². The summed E-state index contributed by atoms with van der Waals surface area (Å²) in [5.74, 6) is -4.26. The van der Waals surface area contributed by atoms with Crippen LogP contribution in [-0.4, -0.2) is 35.8 Å². The second kappa shape index (κ2) is 6.68. The Kier molecular flexibility index (Phi) is 5.06. The summed E-state index contributed by atoms with van der Waals surface area (Å²) < 4.78 is 51.0. The molecule has 1 amide bonds. The summed E-state index contributed by atoms with van der Waals surface area (Å²) in [6, 6.07) is 1.51. The van der Waals surface area contributed by atoms with E-state index in [1.54, 1.807) is 20.8 Å². The van der Waals surface area contributed by atoms with E-state index < -0.39 is 41.0 Å². The lowest BCUT2D eigenvalue weighted by atomic mass is 10.1. The van der Waals surface area contributed by atoms with Gasteiger partial charge in [0.15, 0.2) is 17.4 Å². The number of ether oxygens (including phenoxy) is 2. The summed E-state index contributed by atoms with van der Waals surface area (Å²) in [4.78, 5) is 13.5. The van der Waals surface area contributed by atoms with Crippen molar-refractivity contribution in [2.24, 2.45) is 0 Å². The molecule has 0 saturated carbocycles. The number of rotatable bonds is 2. The van der Waals surface area contributed by atoms with Crippen molar-refractivity contribution < 1.29 is 27.4 Å². The Morgan fingerprint density at radius 2 is 1.87 bits per heavy atom. The lowest BCUT2D eigenvalue weighted by molar-refractivity contribution is 0.00682. The lowest BCUT2D eigenvalue weighted by Gasteiger charge is -2.34. The van der Waals surface area contributed by atoms with Crippen molar-refractivity contribution in [1.82, 2.24) is 4.90 Å². The van der Waals surface area contributed by atoms with Crippen LogP contribution in [0.3, 0.4) is 0 Å². The van der Waals surface area contributed by atoms with Crippen molar-refractivity contribution in [1.29, 1.82) is 0 Å². The predicted octanol–water partition coefficient (Wildman–Crippen LogP) is 3.88. The summed E-state index contributed by atoms with van der Waals surface area (Å²) in [5.41, 5.74) is -0.633. The van der Waals surface area contributed by atoms with Crippen LogP contribution in [-0.2, 0) is 4.74 Å². The summed E-state index contributed by atoms with van der Waals surface area (Å²) >= 11 is 0. The standard InChI is InChI=1S/C16H20F3NO3/c1-16(2,3)23-15(21)20-8-4-5-10(9-20)22-14-12(18)7-6-11(17)13(14)19/h6-7,10H,4-5,8-9H2,1-3H3/t10-/m1/s1. The molecule has 0 aliphatic carbocycles. The second-order valence-electron chi connectivity index (χ2n) is 6.48. The van der Waals surface area contributed by atoms with Crippen LogP contribution in [0, 0.1) is 17.5 Å². The number of halogens is 3. The van der Waals surface area contributed by atoms with E-state index in [1.165, 1.54) is 4.90 Å². The molecule has 1 atom stereocenters. The number of likely N-dealkylation sites (tertiary alicyclic amines) is 1. The molecule has 23 heavy (non-hydrogen) atoms. The van der Waals surface area contributed by atoms with E-state index in [2.05, 4.69) is 0 Å². The number of hydrogen-bond acceptors (Lipinski definition) is 3. The molecule has 4 nitrogen and oxygen atoms in total. The first-order chi connectivity index (χ1) is 10.7. The first-order valence-corrected chi connectivity index (χ1v) is 7.45. The Bertz CT molecular complexity index is 587. The van der Waals surface area contributed by atoms with Gasteiger partial charge in [-0.15, -0.1) is 0 Å². The Morgan fingerprint density at radius 3 is 2.52 bits per heavy atom. The van der Waals surface area contributed by atoms with E-state index in [1.807, 2.05) is 0 Å². The number of benzene rings is 1. The smallest absolute Gasteiger partial charge is 0.410 e. The van der Waals surface area contributed by atoms with Gasteiger partial charge in [0.05, 0.1) is 6.54 Å². The molecule has 1 heterocycles. The van der Waals surface area contributed by atoms with Crippen molar-refractivity contribution >= 4 is 6.09 Å². The Labute approximate surface area is 133 Å². The third-order valence-corrected chi connectivity index (χ3v) is 3.32. The monoisotopic (exact) mass is 331 g/mol. The zero-order valence-corrected chi connectivity index (χ0v) is 13.4. The quantitative estimate of drug-likeness (QED) is 0.772. The summed E-state index contributed by atoms with van der Waals surface area (Å²) in [6.07, 6.45) is -0.0231. The van der Waals surface area contributed by atoms with Crippen molar-refractivity contribution in [2.45, 2.75) is 45.3 Å². The summed E-state index contributed by atoms with van der Waals surface area (Å²) in [5, 5.41) is 0. The van der Waals surface area contributed by atoms with Crippen LogP contribution in [0.5, 0.6) is 5.75 Å². The molecule has 1 saturated heterocycles. The molecule has 0 N–H and O–H groups in total. The number of amides is 1. The molecule has 2 rings (SSSR count). The zero-order chi connectivity index (χ0) is 17.2. The minimum atomic E-state index is -1.36. The number of nitrogens with zero attached hydrogens (tertiary/aromatic N) is 1. The van der Waals surface area contributed by atoms with Gasteiger partial charge < -0.3 is 14.4 Å². The van der Waals surface area contributed by atoms with E-state index in [9.17, 15) is 18.0 Å². The largest absolute Gasteiger partial charge is 0.482 e. The fourth-order valence-electron chi connectivity index (χ4n) is 2.31. The average Bonchev–Trinajstić information content (AvgIpc) is 2.46. The molecule has 0 spiro atoms. The number of carbonyl (C=O) groups is 1. The Morgan fingerprint density at radius 1 is 1.22 bits per heavy atom. The van der Waals surface area contributed by atoms with Gasteiger partial charge in [0.2, 0.25) is 5.82 Å². The van der Waals surface area contributed by atoms with Crippen LogP contribution in [0.25, 0.3) is 0 Å². The maximum absolute atomic E-state index is 13.7. The molecule has 0 bridgehead atoms. The maximum atomic E-state index is 13.7. The molecule has 1 aromatic carbocycles. The molecule has 7 heteroatoms. The topological polar surface area (TPSA) is 38.8 Å². The molecule has 0 unspecified atom stereocenters. The highest BCUT2D eigenvalue weighted by atomic mass is 19.2. The van der Waals surface area contributed by atoms with Crippen LogP contribution >= 0.6 is 0 Å². The van der Waals surface area contributed by atoms with E-state index >= 15 is 0 Å². The average molecular weight is 331 g/mol. The van der Waals surface area contributed by atoms with Crippen molar-refractivity contribution in [3.63, 3.8) is 0 Å². The first kappa shape index (κ1) is 17.4. The van der Waals surface area contributed by atoms with Crippen LogP contribution in [0.1, 0.15) is 33.6 Å². The highest BCUT2D eigenvalue weighted by Crippen LogP contribution is 2.27. The van der Waals surface area contributed by atoms with E-state index in [-0.39, 0.29) is 6.54 Å². The fraction of sp³-hybridized carbons (Fsp3) is 0.562. The Balaban J connectivity index is 2.05. The molecular formula is C16H20F3NO3. The zero-order valence-electron chi connectivity index (χ0n) is 13.4. The number of carbonyl (C=O) groups excluding carboxylic acids is 1. The molecule has 128 valence electrons. The van der Waals surface area contributed by atoms with Gasteiger partial charge in [-0.1, -0.05) is 0 Å². The molecule has 1 aliphatic heterocycles. The molecule has 0 radical (unpaired) electrons. The van der Waals surface area contributed by atoms with Crippen molar-refractivity contribution in [3.05, 3.63) is 29.6 Å². The highest BCUT2D eigenvalue weighted by Gasteiger charge is 2.30. The van der Waals surface area contributed by atoms with Crippen molar-refractivity contribution in [3.8, 4) is 5.75 Å². The van der Waals surface area contributed by atoms with Gasteiger partial charge in [0, 0.05) is 6.54 Å². The van der Waals surface area contributed by atoms with E-state index in [0.717, 1.165) is 6.07 Å². The first-order valence-electron chi connectivity index (χ1n) is 7.45. The van der Waals surface area contributed by atoms with Crippen LogP contribution in [0.15, 0.2) is 12.1 Å². The normalized spacial score (nSPS) is 18.7. The highest BCUT2D eigenvalue weighted by molar-refractivity contribution is 5.68. The fourth-order valence-corrected chi connectivity index (χ4v) is 2.31. The van der Waals surface area contributed by atoms with Crippen LogP contribution in [0.2, 0.25) is 0 Å². The van der Waals surface area contributed by atoms with Crippen molar-refractivity contribution in [2.75, 3.05) is 13.1 Å². The SMILES string of the molecule is CC(C)(C)OC(=O)N1CCC[C@@H](Oc2c(F)ccc(F)c2F)C1. The Hall–Kier alpha value is -1.92. The maximum Gasteiger partial charge on any atom is 0.410 e. The second-order valence-corrected chi connectivity index (χ2v) is 6.48.